The summed E-state index contributed by atoms with van der Waals surface area (Å²) in [6.07, 6.45) is 1.13. The molecule has 0 atom stereocenters. The fourth-order valence-electron chi connectivity index (χ4n) is 3.99. The fourth-order valence-corrected chi connectivity index (χ4v) is 3.99. The van der Waals surface area contributed by atoms with E-state index in [2.05, 4.69) is 36.4 Å². The van der Waals surface area contributed by atoms with E-state index in [1.165, 1.54) is 4.68 Å². The lowest BCUT2D eigenvalue weighted by Gasteiger charge is -2.19. The molecule has 0 spiro atoms. The van der Waals surface area contributed by atoms with Gasteiger partial charge in [-0.15, -0.1) is 0 Å². The van der Waals surface area contributed by atoms with Crippen molar-refractivity contribution in [2.24, 2.45) is 0 Å². The lowest BCUT2D eigenvalue weighted by Crippen LogP contribution is -2.27. The van der Waals surface area contributed by atoms with Gasteiger partial charge in [0.25, 0.3) is 0 Å². The summed E-state index contributed by atoms with van der Waals surface area (Å²) in [6.45, 7) is 9.62. The van der Waals surface area contributed by atoms with Crippen LogP contribution in [0, 0.1) is 13.8 Å². The highest BCUT2D eigenvalue weighted by Gasteiger charge is 2.20. The Morgan fingerprint density at radius 2 is 1.78 bits per heavy atom. The van der Waals surface area contributed by atoms with E-state index in [-0.39, 0.29) is 0 Å². The molecule has 182 valence electrons. The Hall–Kier alpha value is -4.46. The third-order valence-corrected chi connectivity index (χ3v) is 5.85. The predicted molar refractivity (Wildman–Crippen MR) is 144 cm³/mol. The van der Waals surface area contributed by atoms with Crippen molar-refractivity contribution < 1.29 is 9.53 Å². The van der Waals surface area contributed by atoms with E-state index in [1.54, 1.807) is 6.20 Å². The topological polar surface area (TPSA) is 108 Å². The number of hydrogen-bond donors (Lipinski definition) is 2. The van der Waals surface area contributed by atoms with Gasteiger partial charge in [-0.3, -0.25) is 0 Å². The van der Waals surface area contributed by atoms with E-state index in [1.807, 2.05) is 63.2 Å². The predicted octanol–water partition coefficient (Wildman–Crippen LogP) is 6.37. The molecule has 0 saturated carbocycles. The Balaban J connectivity index is 1.57. The van der Waals surface area contributed by atoms with Crippen molar-refractivity contribution in [2.45, 2.75) is 40.2 Å². The number of hydrogen-bond acceptors (Lipinski definition) is 7. The summed E-state index contributed by atoms with van der Waals surface area (Å²) in [4.78, 5) is 22.2. The van der Waals surface area contributed by atoms with Crippen molar-refractivity contribution in [3.8, 4) is 11.4 Å². The molecule has 0 fully saturated rings. The van der Waals surface area contributed by atoms with Gasteiger partial charge in [-0.2, -0.15) is 9.78 Å². The molecule has 0 amide bonds. The Kier molecular flexibility index (Phi) is 5.59. The SMILES string of the molecule is Cc1cc2nc(-c3cccc(N)c3)nc(Nc3ccc4c(cnn4C(=O)OC(C)(C)C)c3)c2cc1C. The van der Waals surface area contributed by atoms with E-state index in [0.29, 0.717) is 22.8 Å². The maximum absolute atomic E-state index is 12.6. The zero-order valence-electron chi connectivity index (χ0n) is 21.0. The molecule has 0 aliphatic carbocycles. The van der Waals surface area contributed by atoms with E-state index in [9.17, 15) is 4.79 Å². The second-order valence-corrected chi connectivity index (χ2v) is 9.91. The number of nitrogens with two attached hydrogens (primary N) is 1. The molecule has 5 rings (SSSR count). The Labute approximate surface area is 209 Å². The molecule has 36 heavy (non-hydrogen) atoms. The number of carbonyl (C=O) groups excluding carboxylic acids is 1. The molecule has 5 aromatic rings. The van der Waals surface area contributed by atoms with Crippen molar-refractivity contribution >= 4 is 45.1 Å². The molecule has 0 aliphatic heterocycles. The number of ether oxygens (including phenoxy) is 1. The molecule has 3 aromatic carbocycles. The first-order valence-corrected chi connectivity index (χ1v) is 11.7. The molecule has 0 radical (unpaired) electrons. The van der Waals surface area contributed by atoms with Crippen molar-refractivity contribution in [1.82, 2.24) is 19.7 Å². The Morgan fingerprint density at radius 1 is 1.00 bits per heavy atom. The number of nitrogens with zero attached hydrogens (tertiary/aromatic N) is 4. The first kappa shape index (κ1) is 23.3. The summed E-state index contributed by atoms with van der Waals surface area (Å²) < 4.78 is 6.74. The molecule has 0 saturated heterocycles. The van der Waals surface area contributed by atoms with Crippen LogP contribution in [0.4, 0.5) is 22.0 Å². The molecule has 0 bridgehead atoms. The third kappa shape index (κ3) is 4.57. The largest absolute Gasteiger partial charge is 0.442 e. The Bertz CT molecular complexity index is 1630. The van der Waals surface area contributed by atoms with Crippen LogP contribution in [0.1, 0.15) is 31.9 Å². The van der Waals surface area contributed by atoms with Gasteiger partial charge in [-0.05, 0) is 88.2 Å². The van der Waals surface area contributed by atoms with E-state index in [4.69, 9.17) is 20.4 Å². The van der Waals surface area contributed by atoms with E-state index in [0.717, 1.165) is 38.7 Å². The standard InChI is InChI=1S/C28H28N6O2/c1-16-11-22-23(12-17(16)2)32-25(18-7-6-8-20(29)13-18)33-26(22)31-21-9-10-24-19(14-21)15-30-34(24)27(35)36-28(3,4)5/h6-15H,29H2,1-5H3,(H,31,32,33). The summed E-state index contributed by atoms with van der Waals surface area (Å²) in [6, 6.07) is 17.4. The quantitative estimate of drug-likeness (QED) is 0.289. The van der Waals surface area contributed by atoms with Crippen molar-refractivity contribution in [3.05, 3.63) is 71.9 Å². The lowest BCUT2D eigenvalue weighted by molar-refractivity contribution is 0.0522. The zero-order chi connectivity index (χ0) is 25.6. The summed E-state index contributed by atoms with van der Waals surface area (Å²) in [5, 5.41) is 9.40. The highest BCUT2D eigenvalue weighted by molar-refractivity contribution is 5.95. The van der Waals surface area contributed by atoms with Gasteiger partial charge in [0, 0.05) is 27.7 Å². The van der Waals surface area contributed by atoms with Crippen LogP contribution in [-0.4, -0.2) is 31.4 Å². The first-order chi connectivity index (χ1) is 17.1. The molecule has 0 aliphatic rings. The normalized spacial score (nSPS) is 11.7. The van der Waals surface area contributed by atoms with Crippen molar-refractivity contribution in [2.75, 3.05) is 11.1 Å². The van der Waals surface area contributed by atoms with Gasteiger partial charge >= 0.3 is 6.09 Å². The van der Waals surface area contributed by atoms with Gasteiger partial charge in [0.1, 0.15) is 11.4 Å². The van der Waals surface area contributed by atoms with Crippen LogP contribution in [0.25, 0.3) is 33.2 Å². The second kappa shape index (κ2) is 8.64. The minimum atomic E-state index is -0.609. The highest BCUT2D eigenvalue weighted by atomic mass is 16.6. The van der Waals surface area contributed by atoms with Crippen LogP contribution in [0.15, 0.2) is 60.8 Å². The van der Waals surface area contributed by atoms with Gasteiger partial charge in [0.2, 0.25) is 0 Å². The van der Waals surface area contributed by atoms with Crippen LogP contribution < -0.4 is 11.1 Å². The molecular weight excluding hydrogens is 452 g/mol. The molecule has 0 unspecified atom stereocenters. The van der Waals surface area contributed by atoms with Crippen molar-refractivity contribution in [1.29, 1.82) is 0 Å². The maximum Gasteiger partial charge on any atom is 0.435 e. The van der Waals surface area contributed by atoms with Gasteiger partial charge < -0.3 is 15.8 Å². The number of fused-ring (bicyclic) bond motifs is 2. The van der Waals surface area contributed by atoms with Gasteiger partial charge in [0.15, 0.2) is 5.82 Å². The summed E-state index contributed by atoms with van der Waals surface area (Å²) in [5.41, 5.74) is 11.5. The molecule has 3 N–H and O–H groups in total. The smallest absolute Gasteiger partial charge is 0.435 e. The number of aryl methyl sites for hydroxylation is 2. The zero-order valence-corrected chi connectivity index (χ0v) is 21.0. The number of anilines is 3. The van der Waals surface area contributed by atoms with Crippen LogP contribution in [-0.2, 0) is 4.74 Å². The minimum absolute atomic E-state index is 0.516. The maximum atomic E-state index is 12.6. The minimum Gasteiger partial charge on any atom is -0.442 e. The monoisotopic (exact) mass is 480 g/mol. The number of aromatic nitrogens is 4. The van der Waals surface area contributed by atoms with Crippen LogP contribution in [0.3, 0.4) is 0 Å². The Morgan fingerprint density at radius 3 is 2.53 bits per heavy atom. The third-order valence-electron chi connectivity index (χ3n) is 5.85. The average Bonchev–Trinajstić information content (AvgIpc) is 3.22. The van der Waals surface area contributed by atoms with Gasteiger partial charge in [-0.1, -0.05) is 12.1 Å². The van der Waals surface area contributed by atoms with Crippen LogP contribution >= 0.6 is 0 Å². The first-order valence-electron chi connectivity index (χ1n) is 11.7. The summed E-state index contributed by atoms with van der Waals surface area (Å²) >= 11 is 0. The number of carbonyl (C=O) groups is 1. The summed E-state index contributed by atoms with van der Waals surface area (Å²) in [7, 11) is 0. The van der Waals surface area contributed by atoms with Crippen LogP contribution in [0.2, 0.25) is 0 Å². The number of benzene rings is 3. The van der Waals surface area contributed by atoms with Crippen molar-refractivity contribution in [3.63, 3.8) is 0 Å². The average molecular weight is 481 g/mol. The number of rotatable bonds is 3. The van der Waals surface area contributed by atoms with Gasteiger partial charge in [-0.25, -0.2) is 14.8 Å². The number of nitrogen functional groups attached to an aromatic ring is 1. The van der Waals surface area contributed by atoms with E-state index >= 15 is 0 Å². The fraction of sp³-hybridized carbons (Fsp3) is 0.214. The molecule has 2 heterocycles. The highest BCUT2D eigenvalue weighted by Crippen LogP contribution is 2.31. The molecule has 8 heteroatoms. The number of nitrogens with one attached hydrogen (secondary N) is 1. The van der Waals surface area contributed by atoms with Crippen LogP contribution in [0.5, 0.6) is 0 Å². The second-order valence-electron chi connectivity index (χ2n) is 9.91. The molecular formula is C28H28N6O2. The summed E-state index contributed by atoms with van der Waals surface area (Å²) in [5.74, 6) is 1.26. The van der Waals surface area contributed by atoms with Gasteiger partial charge in [0.05, 0.1) is 17.2 Å². The molecule has 8 nitrogen and oxygen atoms in total. The van der Waals surface area contributed by atoms with E-state index < -0.39 is 11.7 Å². The lowest BCUT2D eigenvalue weighted by atomic mass is 10.1. The molecule has 2 aromatic heterocycles.